The van der Waals surface area contributed by atoms with Gasteiger partial charge in [-0.05, 0) is 42.4 Å². The van der Waals surface area contributed by atoms with Gasteiger partial charge in [-0.25, -0.2) is 17.6 Å². The SMILES string of the molecule is CCOC(=O)[C@H](O)CNc1ccc([C@H]2[C@@H]3CS(=O)(=O)C[C@@H]32)c(F)c1. The number of nitrogens with one attached hydrogen (secondary N) is 1. The second-order valence-corrected chi connectivity index (χ2v) is 8.47. The van der Waals surface area contributed by atoms with E-state index in [2.05, 4.69) is 10.1 Å². The lowest BCUT2D eigenvalue weighted by Crippen LogP contribution is -2.30. The summed E-state index contributed by atoms with van der Waals surface area (Å²) in [5.74, 6) is -0.784. The predicted molar refractivity (Wildman–Crippen MR) is 85.9 cm³/mol. The second-order valence-electron chi connectivity index (χ2n) is 6.32. The average molecular weight is 357 g/mol. The van der Waals surface area contributed by atoms with Crippen molar-refractivity contribution in [3.05, 3.63) is 29.6 Å². The fourth-order valence-corrected chi connectivity index (χ4v) is 5.68. The number of carbonyl (C=O) groups is 1. The Labute approximate surface area is 139 Å². The molecule has 1 aromatic carbocycles. The highest BCUT2D eigenvalue weighted by molar-refractivity contribution is 7.91. The van der Waals surface area contributed by atoms with Gasteiger partial charge in [0.15, 0.2) is 15.9 Å². The van der Waals surface area contributed by atoms with Gasteiger partial charge in [0, 0.05) is 5.69 Å². The maximum absolute atomic E-state index is 14.3. The van der Waals surface area contributed by atoms with Gasteiger partial charge in [0.1, 0.15) is 5.82 Å². The molecule has 0 spiro atoms. The third-order valence-electron chi connectivity index (χ3n) is 4.64. The zero-order valence-electron chi connectivity index (χ0n) is 13.2. The number of hydrogen-bond acceptors (Lipinski definition) is 6. The zero-order chi connectivity index (χ0) is 17.5. The van der Waals surface area contributed by atoms with E-state index in [1.807, 2.05) is 0 Å². The van der Waals surface area contributed by atoms with Gasteiger partial charge >= 0.3 is 5.97 Å². The molecule has 6 nitrogen and oxygen atoms in total. The number of anilines is 1. The normalized spacial score (nSPS) is 28.0. The number of esters is 1. The molecule has 0 aromatic heterocycles. The van der Waals surface area contributed by atoms with E-state index in [1.165, 1.54) is 6.07 Å². The smallest absolute Gasteiger partial charge is 0.336 e. The van der Waals surface area contributed by atoms with Gasteiger partial charge in [0.2, 0.25) is 0 Å². The number of aliphatic hydroxyl groups excluding tert-OH is 1. The molecule has 1 heterocycles. The molecule has 1 saturated heterocycles. The van der Waals surface area contributed by atoms with Crippen LogP contribution < -0.4 is 5.32 Å². The van der Waals surface area contributed by atoms with E-state index in [-0.39, 0.29) is 42.4 Å². The Hall–Kier alpha value is -1.67. The lowest BCUT2D eigenvalue weighted by molar-refractivity contribution is -0.152. The number of ether oxygens (including phenoxy) is 1. The molecule has 24 heavy (non-hydrogen) atoms. The summed E-state index contributed by atoms with van der Waals surface area (Å²) in [6, 6.07) is 4.61. The molecule has 2 N–H and O–H groups in total. The van der Waals surface area contributed by atoms with Crippen molar-refractivity contribution in [3.63, 3.8) is 0 Å². The van der Waals surface area contributed by atoms with Crippen molar-refractivity contribution in [1.29, 1.82) is 0 Å². The predicted octanol–water partition coefficient (Wildman–Crippen LogP) is 0.920. The molecule has 0 amide bonds. The van der Waals surface area contributed by atoms with Crippen LogP contribution in [-0.2, 0) is 19.4 Å². The minimum absolute atomic E-state index is 0.0207. The molecule has 2 fully saturated rings. The van der Waals surface area contributed by atoms with Gasteiger partial charge in [-0.15, -0.1) is 0 Å². The first-order valence-corrected chi connectivity index (χ1v) is 9.73. The number of hydrogen-bond donors (Lipinski definition) is 2. The lowest BCUT2D eigenvalue weighted by Gasteiger charge is -2.13. The van der Waals surface area contributed by atoms with Gasteiger partial charge < -0.3 is 15.2 Å². The molecule has 1 aliphatic heterocycles. The number of rotatable bonds is 6. The lowest BCUT2D eigenvalue weighted by atomic mass is 10.1. The maximum atomic E-state index is 14.3. The van der Waals surface area contributed by atoms with E-state index in [4.69, 9.17) is 0 Å². The fourth-order valence-electron chi connectivity index (χ4n) is 3.46. The highest BCUT2D eigenvalue weighted by atomic mass is 32.2. The van der Waals surface area contributed by atoms with Crippen LogP contribution in [-0.4, -0.2) is 50.3 Å². The van der Waals surface area contributed by atoms with Crippen LogP contribution in [0.15, 0.2) is 18.2 Å². The number of aliphatic hydroxyl groups is 1. The molecule has 2 aliphatic rings. The largest absolute Gasteiger partial charge is 0.464 e. The molecule has 132 valence electrons. The molecular weight excluding hydrogens is 337 g/mol. The molecule has 1 aliphatic carbocycles. The molecule has 3 rings (SSSR count). The molecule has 0 unspecified atom stereocenters. The van der Waals surface area contributed by atoms with Crippen molar-refractivity contribution in [3.8, 4) is 0 Å². The van der Waals surface area contributed by atoms with E-state index < -0.39 is 27.7 Å². The van der Waals surface area contributed by atoms with Crippen LogP contribution in [0.3, 0.4) is 0 Å². The minimum Gasteiger partial charge on any atom is -0.464 e. The van der Waals surface area contributed by atoms with Crippen LogP contribution in [0.25, 0.3) is 0 Å². The van der Waals surface area contributed by atoms with Gasteiger partial charge in [0.25, 0.3) is 0 Å². The molecule has 1 aromatic rings. The van der Waals surface area contributed by atoms with E-state index in [0.717, 1.165) is 0 Å². The summed E-state index contributed by atoms with van der Waals surface area (Å²) in [6.45, 7) is 1.74. The number of sulfone groups is 1. The first-order chi connectivity index (χ1) is 11.3. The van der Waals surface area contributed by atoms with E-state index >= 15 is 0 Å². The van der Waals surface area contributed by atoms with E-state index in [0.29, 0.717) is 11.3 Å². The average Bonchev–Trinajstić information content (AvgIpc) is 3.02. The van der Waals surface area contributed by atoms with Crippen molar-refractivity contribution in [2.45, 2.75) is 18.9 Å². The van der Waals surface area contributed by atoms with Crippen LogP contribution in [0, 0.1) is 17.7 Å². The summed E-state index contributed by atoms with van der Waals surface area (Å²) < 4.78 is 41.9. The fraction of sp³-hybridized carbons (Fsp3) is 0.562. The Morgan fingerprint density at radius 2 is 2.08 bits per heavy atom. The number of benzene rings is 1. The molecule has 8 heteroatoms. The highest BCUT2D eigenvalue weighted by Gasteiger charge is 2.59. The molecule has 4 atom stereocenters. The molecule has 1 saturated carbocycles. The van der Waals surface area contributed by atoms with Gasteiger partial charge in [0.05, 0.1) is 24.7 Å². The first-order valence-electron chi connectivity index (χ1n) is 7.91. The zero-order valence-corrected chi connectivity index (χ0v) is 14.1. The summed E-state index contributed by atoms with van der Waals surface area (Å²) in [6.07, 6.45) is -1.32. The van der Waals surface area contributed by atoms with Crippen molar-refractivity contribution >= 4 is 21.5 Å². The summed E-state index contributed by atoms with van der Waals surface area (Å²) >= 11 is 0. The number of carbonyl (C=O) groups excluding carboxylic acids is 1. The second kappa shape index (κ2) is 6.33. The van der Waals surface area contributed by atoms with Crippen LogP contribution >= 0.6 is 0 Å². The monoisotopic (exact) mass is 357 g/mol. The Morgan fingerprint density at radius 3 is 2.67 bits per heavy atom. The van der Waals surface area contributed by atoms with Gasteiger partial charge in [-0.3, -0.25) is 0 Å². The number of halogens is 1. The first kappa shape index (κ1) is 17.2. The van der Waals surface area contributed by atoms with Crippen molar-refractivity contribution in [2.24, 2.45) is 11.8 Å². The van der Waals surface area contributed by atoms with Crippen molar-refractivity contribution in [1.82, 2.24) is 0 Å². The van der Waals surface area contributed by atoms with Gasteiger partial charge in [-0.2, -0.15) is 0 Å². The van der Waals surface area contributed by atoms with Gasteiger partial charge in [-0.1, -0.05) is 6.07 Å². The Kier molecular flexibility index (Phi) is 4.52. The van der Waals surface area contributed by atoms with Crippen LogP contribution in [0.1, 0.15) is 18.4 Å². The Bertz CT molecular complexity index is 733. The van der Waals surface area contributed by atoms with E-state index in [1.54, 1.807) is 19.1 Å². The molecule has 0 bridgehead atoms. The highest BCUT2D eigenvalue weighted by Crippen LogP contribution is 2.59. The summed E-state index contributed by atoms with van der Waals surface area (Å²) in [4.78, 5) is 11.3. The third kappa shape index (κ3) is 3.39. The van der Waals surface area contributed by atoms with Crippen molar-refractivity contribution in [2.75, 3.05) is 30.0 Å². The summed E-state index contributed by atoms with van der Waals surface area (Å²) in [5.41, 5.74) is 0.981. The number of fused-ring (bicyclic) bond motifs is 1. The Morgan fingerprint density at radius 1 is 1.42 bits per heavy atom. The maximum Gasteiger partial charge on any atom is 0.336 e. The standard InChI is InChI=1S/C16H20FNO5S/c1-2-23-16(20)14(19)6-18-9-3-4-10(13(17)5-9)15-11-7-24(21,22)8-12(11)15/h3-5,11-12,14-15,18-19H,2,6-8H2,1H3/t11-,12+,14-,15+/m1/s1. The van der Waals surface area contributed by atoms with Crippen LogP contribution in [0.2, 0.25) is 0 Å². The third-order valence-corrected chi connectivity index (χ3v) is 6.43. The van der Waals surface area contributed by atoms with Crippen LogP contribution in [0.5, 0.6) is 0 Å². The van der Waals surface area contributed by atoms with E-state index in [9.17, 15) is 22.7 Å². The minimum atomic E-state index is -2.95. The molecular formula is C16H20FNO5S. The molecule has 0 radical (unpaired) electrons. The quantitative estimate of drug-likeness (QED) is 0.736. The summed E-state index contributed by atoms with van der Waals surface area (Å²) in [5, 5.41) is 12.4. The Balaban J connectivity index is 1.59. The van der Waals surface area contributed by atoms with Crippen LogP contribution in [0.4, 0.5) is 10.1 Å². The topological polar surface area (TPSA) is 92.7 Å². The van der Waals surface area contributed by atoms with Crippen molar-refractivity contribution < 1.29 is 27.4 Å². The summed E-state index contributed by atoms with van der Waals surface area (Å²) in [7, 11) is -2.95.